The van der Waals surface area contributed by atoms with E-state index in [2.05, 4.69) is 21.7 Å². The van der Waals surface area contributed by atoms with Crippen molar-refractivity contribution in [3.63, 3.8) is 0 Å². The number of hydrogen-bond acceptors (Lipinski definition) is 4. The van der Waals surface area contributed by atoms with Crippen LogP contribution in [0.25, 0.3) is 10.2 Å². The van der Waals surface area contributed by atoms with Crippen LogP contribution in [0.5, 0.6) is 0 Å². The van der Waals surface area contributed by atoms with Gasteiger partial charge < -0.3 is 10.1 Å². The lowest BCUT2D eigenvalue weighted by Crippen LogP contribution is -2.13. The summed E-state index contributed by atoms with van der Waals surface area (Å²) in [4.78, 5) is 4.67. The molecule has 0 aliphatic carbocycles. The summed E-state index contributed by atoms with van der Waals surface area (Å²) in [6, 6.07) is 2.08. The van der Waals surface area contributed by atoms with E-state index in [1.807, 2.05) is 7.05 Å². The molecule has 0 radical (unpaired) electrons. The molecule has 0 atom stereocenters. The minimum atomic E-state index is 0.687. The van der Waals surface area contributed by atoms with Gasteiger partial charge in [0.15, 0.2) is 0 Å². The molecule has 1 aliphatic rings. The number of nitrogens with zero attached hydrogens (tertiary/aromatic N) is 1. The number of aromatic nitrogens is 1. The average molecular weight is 220 g/mol. The molecule has 0 amide bonds. The molecule has 1 aliphatic heterocycles. The molecular weight excluding hydrogens is 208 g/mol. The van der Waals surface area contributed by atoms with E-state index in [0.29, 0.717) is 6.61 Å². The van der Waals surface area contributed by atoms with Crippen molar-refractivity contribution in [1.82, 2.24) is 4.98 Å². The first-order chi connectivity index (χ1) is 7.40. The minimum Gasteiger partial charge on any atom is -0.387 e. The predicted molar refractivity (Wildman–Crippen MR) is 62.5 cm³/mol. The Morgan fingerprint density at radius 1 is 1.53 bits per heavy atom. The Morgan fingerprint density at radius 3 is 3.33 bits per heavy atom. The molecule has 2 aromatic heterocycles. The molecule has 0 saturated carbocycles. The van der Waals surface area contributed by atoms with E-state index in [4.69, 9.17) is 4.74 Å². The number of thiophene rings is 1. The normalized spacial score (nSPS) is 15.3. The van der Waals surface area contributed by atoms with Crippen LogP contribution in [-0.4, -0.2) is 18.6 Å². The van der Waals surface area contributed by atoms with Crippen LogP contribution in [0.4, 0.5) is 5.69 Å². The smallest absolute Gasteiger partial charge is 0.0834 e. The van der Waals surface area contributed by atoms with Crippen LogP contribution in [0.1, 0.15) is 11.3 Å². The molecular formula is C11H12N2OS. The van der Waals surface area contributed by atoms with E-state index in [1.54, 1.807) is 11.3 Å². The average Bonchev–Trinajstić information content (AvgIpc) is 2.73. The van der Waals surface area contributed by atoms with Crippen LogP contribution in [-0.2, 0) is 17.8 Å². The third-order valence-electron chi connectivity index (χ3n) is 2.76. The van der Waals surface area contributed by atoms with Crippen LogP contribution in [0, 0.1) is 0 Å². The molecule has 4 heteroatoms. The summed E-state index contributed by atoms with van der Waals surface area (Å²) in [5.74, 6) is 0. The molecule has 0 saturated heterocycles. The van der Waals surface area contributed by atoms with E-state index < -0.39 is 0 Å². The zero-order valence-corrected chi connectivity index (χ0v) is 9.36. The Morgan fingerprint density at radius 2 is 2.47 bits per heavy atom. The molecule has 3 rings (SSSR count). The Labute approximate surface area is 92.1 Å². The molecule has 0 aromatic carbocycles. The van der Waals surface area contributed by atoms with Gasteiger partial charge in [0.2, 0.25) is 0 Å². The Balaban J connectivity index is 2.34. The second-order valence-electron chi connectivity index (χ2n) is 3.60. The molecule has 78 valence electrons. The number of pyridine rings is 1. The maximum atomic E-state index is 5.49. The van der Waals surface area contributed by atoms with Crippen molar-refractivity contribution >= 4 is 27.2 Å². The first kappa shape index (κ1) is 9.12. The number of hydrogen-bond donors (Lipinski definition) is 1. The van der Waals surface area contributed by atoms with Gasteiger partial charge in [0.25, 0.3) is 0 Å². The van der Waals surface area contributed by atoms with Crippen LogP contribution >= 0.6 is 11.3 Å². The van der Waals surface area contributed by atoms with Gasteiger partial charge in [0.1, 0.15) is 0 Å². The van der Waals surface area contributed by atoms with Crippen molar-refractivity contribution in [1.29, 1.82) is 0 Å². The van der Waals surface area contributed by atoms with E-state index in [0.717, 1.165) is 18.5 Å². The summed E-state index contributed by atoms with van der Waals surface area (Å²) in [5.41, 5.74) is 4.73. The lowest BCUT2D eigenvalue weighted by Gasteiger charge is -2.19. The molecule has 0 bridgehead atoms. The van der Waals surface area contributed by atoms with Gasteiger partial charge in [0, 0.05) is 19.0 Å². The number of fused-ring (bicyclic) bond motifs is 2. The van der Waals surface area contributed by atoms with Crippen LogP contribution in [0.15, 0.2) is 11.4 Å². The molecule has 0 fully saturated rings. The second kappa shape index (κ2) is 3.47. The summed E-state index contributed by atoms with van der Waals surface area (Å²) in [6.07, 6.45) is 0.926. The van der Waals surface area contributed by atoms with Crippen molar-refractivity contribution in [2.75, 3.05) is 19.0 Å². The highest BCUT2D eigenvalue weighted by Crippen LogP contribution is 2.34. The topological polar surface area (TPSA) is 34.2 Å². The summed E-state index contributed by atoms with van der Waals surface area (Å²) in [7, 11) is 1.96. The highest BCUT2D eigenvalue weighted by molar-refractivity contribution is 7.17. The van der Waals surface area contributed by atoms with Crippen molar-refractivity contribution < 1.29 is 4.74 Å². The Bertz CT molecular complexity index is 507. The van der Waals surface area contributed by atoms with Crippen LogP contribution in [0.2, 0.25) is 0 Å². The largest absolute Gasteiger partial charge is 0.387 e. The molecule has 15 heavy (non-hydrogen) atoms. The predicted octanol–water partition coefficient (Wildman–Crippen LogP) is 2.41. The molecule has 1 N–H and O–H groups in total. The summed E-state index contributed by atoms with van der Waals surface area (Å²) in [6.45, 7) is 1.48. The minimum absolute atomic E-state index is 0.687. The zero-order chi connectivity index (χ0) is 10.3. The number of anilines is 1. The highest BCUT2D eigenvalue weighted by Gasteiger charge is 2.18. The maximum Gasteiger partial charge on any atom is 0.0834 e. The monoisotopic (exact) mass is 220 g/mol. The highest BCUT2D eigenvalue weighted by atomic mass is 32.1. The number of ether oxygens (including phenoxy) is 1. The van der Waals surface area contributed by atoms with Gasteiger partial charge in [-0.1, -0.05) is 0 Å². The van der Waals surface area contributed by atoms with Gasteiger partial charge in [0.05, 0.1) is 34.8 Å². The van der Waals surface area contributed by atoms with Gasteiger partial charge in [-0.05, 0) is 11.4 Å². The van der Waals surface area contributed by atoms with Crippen molar-refractivity contribution in [2.45, 2.75) is 13.0 Å². The quantitative estimate of drug-likeness (QED) is 0.801. The first-order valence-corrected chi connectivity index (χ1v) is 5.92. The fourth-order valence-electron chi connectivity index (χ4n) is 2.04. The van der Waals surface area contributed by atoms with Gasteiger partial charge in [-0.25, -0.2) is 0 Å². The fraction of sp³-hybridized carbons (Fsp3) is 0.364. The van der Waals surface area contributed by atoms with Gasteiger partial charge in [-0.2, -0.15) is 0 Å². The first-order valence-electron chi connectivity index (χ1n) is 5.04. The molecule has 2 aromatic rings. The SMILES string of the molecule is CNc1c2c(nc3ccsc13)CCOC2. The van der Waals surface area contributed by atoms with Crippen molar-refractivity contribution in [3.8, 4) is 0 Å². The number of nitrogens with one attached hydrogen (secondary N) is 1. The lowest BCUT2D eigenvalue weighted by atomic mass is 10.1. The standard InChI is InChI=1S/C11H12N2OS/c1-12-10-7-6-14-4-2-8(7)13-9-3-5-15-11(9)10/h3,5H,2,4,6H2,1H3,(H,12,13). The molecule has 3 heterocycles. The zero-order valence-electron chi connectivity index (χ0n) is 8.54. The van der Waals surface area contributed by atoms with Gasteiger partial charge in [-0.3, -0.25) is 4.98 Å². The van der Waals surface area contributed by atoms with Gasteiger partial charge in [-0.15, -0.1) is 11.3 Å². The van der Waals surface area contributed by atoms with E-state index in [9.17, 15) is 0 Å². The molecule has 3 nitrogen and oxygen atoms in total. The van der Waals surface area contributed by atoms with Crippen LogP contribution in [0.3, 0.4) is 0 Å². The van der Waals surface area contributed by atoms with Crippen molar-refractivity contribution in [3.05, 3.63) is 22.7 Å². The van der Waals surface area contributed by atoms with Crippen molar-refractivity contribution in [2.24, 2.45) is 0 Å². The summed E-state index contributed by atoms with van der Waals surface area (Å²) >= 11 is 1.73. The lowest BCUT2D eigenvalue weighted by molar-refractivity contribution is 0.110. The Kier molecular flexibility index (Phi) is 2.11. The van der Waals surface area contributed by atoms with E-state index in [1.165, 1.54) is 21.6 Å². The Hall–Kier alpha value is -1.13. The summed E-state index contributed by atoms with van der Waals surface area (Å²) in [5, 5.41) is 5.36. The fourth-order valence-corrected chi connectivity index (χ4v) is 2.95. The van der Waals surface area contributed by atoms with E-state index >= 15 is 0 Å². The molecule has 0 unspecified atom stereocenters. The second-order valence-corrected chi connectivity index (χ2v) is 4.52. The number of rotatable bonds is 1. The molecule has 0 spiro atoms. The van der Waals surface area contributed by atoms with Crippen LogP contribution < -0.4 is 5.32 Å². The van der Waals surface area contributed by atoms with Gasteiger partial charge >= 0.3 is 0 Å². The third-order valence-corrected chi connectivity index (χ3v) is 3.68. The third kappa shape index (κ3) is 1.33. The summed E-state index contributed by atoms with van der Waals surface area (Å²) < 4.78 is 6.73. The van der Waals surface area contributed by atoms with E-state index in [-0.39, 0.29) is 0 Å². The maximum absolute atomic E-state index is 5.49.